The number of hydrogen-bond donors (Lipinski definition) is 8. The highest BCUT2D eigenvalue weighted by atomic mass is 16.8. The van der Waals surface area contributed by atoms with Crippen molar-refractivity contribution in [1.82, 2.24) is 0 Å². The Labute approximate surface area is 398 Å². The van der Waals surface area contributed by atoms with Crippen molar-refractivity contribution < 1.29 is 97.8 Å². The van der Waals surface area contributed by atoms with Crippen molar-refractivity contribution in [3.8, 4) is 17.2 Å². The fraction of sp³-hybridized carbons (Fsp3) is 0.673. The number of aliphatic hydroxyl groups excluding tert-OH is 6. The third-order valence-corrected chi connectivity index (χ3v) is 14.4. The lowest BCUT2D eigenvalue weighted by Crippen LogP contribution is -2.56. The summed E-state index contributed by atoms with van der Waals surface area (Å²) in [5.41, 5.74) is 0.308. The number of ketones is 2. The number of rotatable bonds is 10. The second-order valence-corrected chi connectivity index (χ2v) is 19.5. The van der Waals surface area contributed by atoms with Crippen LogP contribution >= 0.6 is 0 Å². The summed E-state index contributed by atoms with van der Waals surface area (Å²) in [7, 11) is 0. The first-order valence-corrected chi connectivity index (χ1v) is 23.9. The van der Waals surface area contributed by atoms with Gasteiger partial charge in [-0.15, -0.1) is 0 Å². The van der Waals surface area contributed by atoms with Crippen LogP contribution in [-0.2, 0) is 49.1 Å². The largest absolute Gasteiger partial charge is 0.507 e. The number of aromatic hydroxyl groups is 2. The van der Waals surface area contributed by atoms with Crippen molar-refractivity contribution in [2.75, 3.05) is 0 Å². The summed E-state index contributed by atoms with van der Waals surface area (Å²) in [6.45, 7) is 10.3. The van der Waals surface area contributed by atoms with Gasteiger partial charge in [0.05, 0.1) is 78.3 Å². The molecule has 0 radical (unpaired) electrons. The number of phenolic OH excluding ortho intramolecular Hbond substituents is 2. The first-order valence-electron chi connectivity index (χ1n) is 23.9. The van der Waals surface area contributed by atoms with Crippen LogP contribution in [0.25, 0.3) is 5.57 Å². The number of phenols is 2. The molecule has 20 atom stereocenters. The van der Waals surface area contributed by atoms with E-state index >= 15 is 0 Å². The Morgan fingerprint density at radius 3 is 1.75 bits per heavy atom. The number of fused-ring (bicyclic) bond motifs is 3. The predicted octanol–water partition coefficient (Wildman–Crippen LogP) is 1.94. The van der Waals surface area contributed by atoms with Crippen molar-refractivity contribution in [3.63, 3.8) is 0 Å². The van der Waals surface area contributed by atoms with Crippen molar-refractivity contribution in [3.05, 3.63) is 57.7 Å². The Morgan fingerprint density at radius 1 is 0.536 bits per heavy atom. The fourth-order valence-electron chi connectivity index (χ4n) is 10.8. The summed E-state index contributed by atoms with van der Waals surface area (Å²) in [6.07, 6.45) is -16.0. The van der Waals surface area contributed by atoms with E-state index in [0.29, 0.717) is 24.0 Å². The highest BCUT2D eigenvalue weighted by molar-refractivity contribution is 6.43. The van der Waals surface area contributed by atoms with Gasteiger partial charge in [0.25, 0.3) is 0 Å². The summed E-state index contributed by atoms with van der Waals surface area (Å²) in [5.74, 6) is -2.35. The van der Waals surface area contributed by atoms with Crippen LogP contribution in [0.2, 0.25) is 0 Å². The minimum absolute atomic E-state index is 0.0167. The Kier molecular flexibility index (Phi) is 14.6. The summed E-state index contributed by atoms with van der Waals surface area (Å²) < 4.78 is 61.2. The number of allylic oxidation sites excluding steroid dienone is 1. The molecule has 5 saturated heterocycles. The van der Waals surface area contributed by atoms with E-state index in [-0.39, 0.29) is 71.4 Å². The summed E-state index contributed by atoms with van der Waals surface area (Å²) in [5, 5.41) is 86.7. The number of carbonyl (C=O) groups excluding carboxylic acids is 2. The molecule has 7 aliphatic rings. The number of ether oxygens (including phenoxy) is 10. The second kappa shape index (κ2) is 20.1. The number of Topliss-reactive ketones (excluding diaryl/α,β-unsaturated/α-hetero) is 2. The Bertz CT molecular complexity index is 2230. The van der Waals surface area contributed by atoms with Crippen LogP contribution in [0.3, 0.4) is 0 Å². The highest BCUT2D eigenvalue weighted by Gasteiger charge is 2.48. The molecule has 5 heterocycles. The molecule has 9 rings (SSSR count). The zero-order chi connectivity index (χ0) is 49.3. The molecular weight excluding hydrogens is 909 g/mol. The SMILES string of the molecule is Cc1cc(O)c2c(c1)CC(O)C1=C2C(=O)c2c(OC3CC(O)C(OC4CC(OC5CCC(OC6CC(O)C(OC7CC(O)C(O)C(C)O7)C(C)O6)C(C)O5)C(O)C(C)O4)C(C)O3)ccc(O)c2C1=O. The lowest BCUT2D eigenvalue weighted by molar-refractivity contribution is -0.336. The average Bonchev–Trinajstić information content (AvgIpc) is 3.27. The molecule has 5 fully saturated rings. The van der Waals surface area contributed by atoms with Gasteiger partial charge in [-0.25, -0.2) is 0 Å². The molecule has 2 aromatic carbocycles. The molecule has 20 nitrogen and oxygen atoms in total. The van der Waals surface area contributed by atoms with Gasteiger partial charge in [-0.1, -0.05) is 6.07 Å². The molecule has 69 heavy (non-hydrogen) atoms. The van der Waals surface area contributed by atoms with Crippen molar-refractivity contribution in [1.29, 1.82) is 0 Å². The zero-order valence-corrected chi connectivity index (χ0v) is 39.3. The van der Waals surface area contributed by atoms with E-state index in [1.165, 1.54) is 18.2 Å². The Hall–Kier alpha value is -3.68. The number of carbonyl (C=O) groups is 2. The zero-order valence-electron chi connectivity index (χ0n) is 39.3. The molecule has 2 aromatic rings. The Balaban J connectivity index is 0.781. The first-order chi connectivity index (χ1) is 32.8. The smallest absolute Gasteiger partial charge is 0.202 e. The van der Waals surface area contributed by atoms with Crippen molar-refractivity contribution in [2.24, 2.45) is 0 Å². The topological polar surface area (TPSA) is 288 Å². The monoisotopic (exact) mass is 972 g/mol. The standard InChI is InChI=1S/C49H64O20/c1-18-11-24-13-27(52)41-43(39(24)26(51)12-18)47(59)42-32(8-7-25(50)40(42)46(41)58)66-36-16-30(55)49(23(6)64-36)69-38-17-33(45(57)21(4)62-38)67-34-10-9-31(19(2)60-34)65-35-15-29(54)48(22(5)63-35)68-37-14-28(53)44(56)20(3)61-37/h7-8,11-12,19-23,27-31,33-38,44-45,48-57H,9-10,13-17H2,1-6H3. The maximum atomic E-state index is 14.3. The second-order valence-electron chi connectivity index (χ2n) is 19.5. The van der Waals surface area contributed by atoms with E-state index in [1.54, 1.807) is 40.7 Å². The number of aliphatic hydroxyl groups is 6. The first kappa shape index (κ1) is 50.3. The Morgan fingerprint density at radius 2 is 1.10 bits per heavy atom. The maximum absolute atomic E-state index is 14.3. The van der Waals surface area contributed by atoms with Crippen molar-refractivity contribution >= 4 is 17.1 Å². The van der Waals surface area contributed by atoms with Gasteiger partial charge >= 0.3 is 0 Å². The van der Waals surface area contributed by atoms with Gasteiger partial charge in [-0.05, 0) is 77.3 Å². The molecule has 20 heteroatoms. The van der Waals surface area contributed by atoms with Gasteiger partial charge in [0.2, 0.25) is 6.29 Å². The molecule has 5 aliphatic heterocycles. The van der Waals surface area contributed by atoms with Crippen LogP contribution in [0, 0.1) is 6.92 Å². The van der Waals surface area contributed by atoms with E-state index in [9.17, 15) is 50.4 Å². The number of benzene rings is 2. The van der Waals surface area contributed by atoms with E-state index in [2.05, 4.69) is 0 Å². The molecule has 0 amide bonds. The van der Waals surface area contributed by atoms with Crippen LogP contribution in [0.1, 0.15) is 111 Å². The normalized spacial score (nSPS) is 41.6. The third kappa shape index (κ3) is 9.97. The van der Waals surface area contributed by atoms with Gasteiger partial charge in [0, 0.05) is 55.2 Å². The molecule has 0 bridgehead atoms. The van der Waals surface area contributed by atoms with Gasteiger partial charge < -0.3 is 88.2 Å². The molecule has 0 spiro atoms. The minimum atomic E-state index is -1.36. The maximum Gasteiger partial charge on any atom is 0.202 e. The minimum Gasteiger partial charge on any atom is -0.507 e. The molecule has 0 aromatic heterocycles. The van der Waals surface area contributed by atoms with Gasteiger partial charge in [0.1, 0.15) is 41.7 Å². The van der Waals surface area contributed by atoms with Crippen LogP contribution in [-0.4, -0.2) is 175 Å². The van der Waals surface area contributed by atoms with Crippen LogP contribution in [0.15, 0.2) is 29.8 Å². The van der Waals surface area contributed by atoms with Crippen LogP contribution < -0.4 is 4.74 Å². The van der Waals surface area contributed by atoms with Crippen molar-refractivity contribution in [2.45, 2.75) is 209 Å². The van der Waals surface area contributed by atoms with Crippen LogP contribution in [0.5, 0.6) is 17.2 Å². The number of aryl methyl sites for hydroxylation is 1. The molecule has 20 unspecified atom stereocenters. The van der Waals surface area contributed by atoms with E-state index in [4.69, 9.17) is 47.4 Å². The lowest BCUT2D eigenvalue weighted by atomic mass is 9.72. The van der Waals surface area contributed by atoms with Gasteiger partial charge in [-0.2, -0.15) is 0 Å². The van der Waals surface area contributed by atoms with Gasteiger partial charge in [0.15, 0.2) is 36.7 Å². The predicted molar refractivity (Wildman–Crippen MR) is 236 cm³/mol. The lowest BCUT2D eigenvalue weighted by Gasteiger charge is -2.45. The quantitative estimate of drug-likeness (QED) is 0.169. The molecular formula is C49H64O20. The molecule has 8 N–H and O–H groups in total. The number of hydrogen-bond acceptors (Lipinski definition) is 20. The molecule has 380 valence electrons. The highest BCUT2D eigenvalue weighted by Crippen LogP contribution is 2.48. The summed E-state index contributed by atoms with van der Waals surface area (Å²) >= 11 is 0. The summed E-state index contributed by atoms with van der Waals surface area (Å²) in [6, 6.07) is 5.71. The molecule has 0 saturated carbocycles. The average molecular weight is 973 g/mol. The van der Waals surface area contributed by atoms with Gasteiger partial charge in [-0.3, -0.25) is 9.59 Å². The van der Waals surface area contributed by atoms with E-state index in [1.807, 2.05) is 6.92 Å². The van der Waals surface area contributed by atoms with E-state index in [0.717, 1.165) is 0 Å². The third-order valence-electron chi connectivity index (χ3n) is 14.4. The van der Waals surface area contributed by atoms with E-state index < -0.39 is 140 Å². The summed E-state index contributed by atoms with van der Waals surface area (Å²) in [4.78, 5) is 28.3. The fourth-order valence-corrected chi connectivity index (χ4v) is 10.8. The van der Waals surface area contributed by atoms with Crippen LogP contribution in [0.4, 0.5) is 0 Å². The molecule has 2 aliphatic carbocycles.